The number of aliphatic imine (C=N–C) groups is 1. The van der Waals surface area contributed by atoms with Crippen LogP contribution in [0.15, 0.2) is 17.3 Å². The van der Waals surface area contributed by atoms with Gasteiger partial charge < -0.3 is 19.5 Å². The fourth-order valence-corrected chi connectivity index (χ4v) is 2.73. The average Bonchev–Trinajstić information content (AvgIpc) is 3.05. The first-order chi connectivity index (χ1) is 10.1. The van der Waals surface area contributed by atoms with Gasteiger partial charge in [-0.05, 0) is 19.4 Å². The Hall–Kier alpha value is -1.20. The quantitative estimate of drug-likeness (QED) is 0.669. The third kappa shape index (κ3) is 4.64. The van der Waals surface area contributed by atoms with Gasteiger partial charge in [-0.3, -0.25) is 4.99 Å². The summed E-state index contributed by atoms with van der Waals surface area (Å²) in [6, 6.07) is 1.99. The first-order valence-electron chi connectivity index (χ1n) is 7.48. The van der Waals surface area contributed by atoms with Crippen molar-refractivity contribution in [3.8, 4) is 0 Å². The fraction of sp³-hybridized carbons (Fsp3) is 0.667. The Morgan fingerprint density at radius 2 is 2.43 bits per heavy atom. The number of aryl methyl sites for hydroxylation is 1. The standard InChI is InChI=1S/C15H25ClN4O/c1-4-17-15(18-8-12-5-6-21-11-12)20(3)10-14-7-13(16)9-19(14)2/h7,9,12H,4-6,8,10-11H2,1-3H3,(H,17,18). The summed E-state index contributed by atoms with van der Waals surface area (Å²) in [6.07, 6.45) is 3.03. The van der Waals surface area contributed by atoms with E-state index in [-0.39, 0.29) is 0 Å². The Balaban J connectivity index is 1.98. The van der Waals surface area contributed by atoms with Gasteiger partial charge in [0.05, 0.1) is 18.2 Å². The minimum absolute atomic E-state index is 0.552. The van der Waals surface area contributed by atoms with Crippen molar-refractivity contribution in [2.75, 3.05) is 33.4 Å². The van der Waals surface area contributed by atoms with Crippen molar-refractivity contribution >= 4 is 17.6 Å². The van der Waals surface area contributed by atoms with Gasteiger partial charge in [-0.1, -0.05) is 11.6 Å². The van der Waals surface area contributed by atoms with Crippen molar-refractivity contribution in [2.24, 2.45) is 18.0 Å². The molecule has 0 amide bonds. The molecule has 1 atom stereocenters. The van der Waals surface area contributed by atoms with E-state index in [4.69, 9.17) is 21.3 Å². The van der Waals surface area contributed by atoms with Gasteiger partial charge in [-0.25, -0.2) is 0 Å². The molecule has 0 spiro atoms. The Labute approximate surface area is 131 Å². The lowest BCUT2D eigenvalue weighted by atomic mass is 10.1. The van der Waals surface area contributed by atoms with Crippen LogP contribution in [0.1, 0.15) is 19.0 Å². The average molecular weight is 313 g/mol. The van der Waals surface area contributed by atoms with Crippen LogP contribution in [0.4, 0.5) is 0 Å². The molecular formula is C15H25ClN4O. The molecule has 5 nitrogen and oxygen atoms in total. The lowest BCUT2D eigenvalue weighted by Crippen LogP contribution is -2.39. The Kier molecular flexibility index (Phi) is 5.94. The number of hydrogen-bond acceptors (Lipinski definition) is 2. The monoisotopic (exact) mass is 312 g/mol. The molecule has 1 fully saturated rings. The Bertz CT molecular complexity index is 480. The van der Waals surface area contributed by atoms with E-state index < -0.39 is 0 Å². The molecule has 118 valence electrons. The van der Waals surface area contributed by atoms with Gasteiger partial charge in [0, 0.05) is 51.6 Å². The van der Waals surface area contributed by atoms with Gasteiger partial charge in [0.25, 0.3) is 0 Å². The number of ether oxygens (including phenoxy) is 1. The lowest BCUT2D eigenvalue weighted by Gasteiger charge is -2.22. The topological polar surface area (TPSA) is 41.8 Å². The van der Waals surface area contributed by atoms with E-state index in [0.29, 0.717) is 5.92 Å². The first-order valence-corrected chi connectivity index (χ1v) is 7.86. The van der Waals surface area contributed by atoms with Crippen molar-refractivity contribution < 1.29 is 4.74 Å². The van der Waals surface area contributed by atoms with E-state index in [2.05, 4.69) is 17.1 Å². The SMILES string of the molecule is CCNC(=NCC1CCOC1)N(C)Cc1cc(Cl)cn1C. The fourth-order valence-electron chi connectivity index (χ4n) is 2.45. The zero-order valence-electron chi connectivity index (χ0n) is 13.1. The van der Waals surface area contributed by atoms with Crippen molar-refractivity contribution in [1.82, 2.24) is 14.8 Å². The molecule has 0 radical (unpaired) electrons. The van der Waals surface area contributed by atoms with Crippen LogP contribution in [0.25, 0.3) is 0 Å². The molecule has 0 aromatic carbocycles. The molecule has 0 bridgehead atoms. The van der Waals surface area contributed by atoms with Crippen LogP contribution in [-0.4, -0.2) is 48.8 Å². The van der Waals surface area contributed by atoms with Gasteiger partial charge in [0.2, 0.25) is 0 Å². The maximum atomic E-state index is 6.04. The molecule has 21 heavy (non-hydrogen) atoms. The molecule has 1 aliphatic heterocycles. The van der Waals surface area contributed by atoms with Gasteiger partial charge >= 0.3 is 0 Å². The first kappa shape index (κ1) is 16.2. The predicted octanol–water partition coefficient (Wildman–Crippen LogP) is 2.11. The number of hydrogen-bond donors (Lipinski definition) is 1. The van der Waals surface area contributed by atoms with E-state index in [0.717, 1.165) is 55.9 Å². The maximum absolute atomic E-state index is 6.04. The number of halogens is 1. The minimum atomic E-state index is 0.552. The molecule has 1 unspecified atom stereocenters. The van der Waals surface area contributed by atoms with E-state index in [1.54, 1.807) is 0 Å². The van der Waals surface area contributed by atoms with Crippen LogP contribution in [-0.2, 0) is 18.3 Å². The van der Waals surface area contributed by atoms with Gasteiger partial charge in [-0.2, -0.15) is 0 Å². The molecule has 1 aromatic heterocycles. The summed E-state index contributed by atoms with van der Waals surface area (Å²) < 4.78 is 7.45. The summed E-state index contributed by atoms with van der Waals surface area (Å²) in [5, 5.41) is 4.12. The van der Waals surface area contributed by atoms with Crippen LogP contribution >= 0.6 is 11.6 Å². The van der Waals surface area contributed by atoms with Gasteiger partial charge in [0.15, 0.2) is 5.96 Å². The van der Waals surface area contributed by atoms with Gasteiger partial charge in [0.1, 0.15) is 0 Å². The highest BCUT2D eigenvalue weighted by Crippen LogP contribution is 2.15. The van der Waals surface area contributed by atoms with Crippen molar-refractivity contribution in [3.63, 3.8) is 0 Å². The zero-order valence-corrected chi connectivity index (χ0v) is 13.9. The van der Waals surface area contributed by atoms with Crippen molar-refractivity contribution in [1.29, 1.82) is 0 Å². The number of rotatable bonds is 5. The normalized spacial score (nSPS) is 19.0. The number of nitrogens with zero attached hydrogens (tertiary/aromatic N) is 3. The highest BCUT2D eigenvalue weighted by atomic mass is 35.5. The minimum Gasteiger partial charge on any atom is -0.381 e. The molecule has 2 rings (SSSR count). The zero-order chi connectivity index (χ0) is 15.2. The smallest absolute Gasteiger partial charge is 0.194 e. The van der Waals surface area contributed by atoms with Crippen LogP contribution in [0.5, 0.6) is 0 Å². The van der Waals surface area contributed by atoms with E-state index >= 15 is 0 Å². The third-order valence-corrected chi connectivity index (χ3v) is 3.90. The highest BCUT2D eigenvalue weighted by molar-refractivity contribution is 6.30. The van der Waals surface area contributed by atoms with E-state index in [1.165, 1.54) is 0 Å². The second-order valence-electron chi connectivity index (χ2n) is 5.54. The summed E-state index contributed by atoms with van der Waals surface area (Å²) >= 11 is 6.04. The summed E-state index contributed by atoms with van der Waals surface area (Å²) in [7, 11) is 4.06. The van der Waals surface area contributed by atoms with Crippen LogP contribution < -0.4 is 5.32 Å². The molecule has 1 aliphatic rings. The number of nitrogens with one attached hydrogen (secondary N) is 1. The summed E-state index contributed by atoms with van der Waals surface area (Å²) in [4.78, 5) is 6.87. The molecule has 0 saturated carbocycles. The molecule has 0 aliphatic carbocycles. The summed E-state index contributed by atoms with van der Waals surface area (Å²) in [5.41, 5.74) is 1.16. The largest absolute Gasteiger partial charge is 0.381 e. The second kappa shape index (κ2) is 7.71. The molecule has 1 aromatic rings. The highest BCUT2D eigenvalue weighted by Gasteiger charge is 2.16. The van der Waals surface area contributed by atoms with Crippen LogP contribution in [0.2, 0.25) is 5.02 Å². The van der Waals surface area contributed by atoms with Crippen LogP contribution in [0.3, 0.4) is 0 Å². The number of aromatic nitrogens is 1. The molecule has 1 saturated heterocycles. The Morgan fingerprint density at radius 1 is 1.62 bits per heavy atom. The summed E-state index contributed by atoms with van der Waals surface area (Å²) in [6.45, 7) is 6.24. The summed E-state index contributed by atoms with van der Waals surface area (Å²) in [5.74, 6) is 1.48. The van der Waals surface area contributed by atoms with E-state index in [9.17, 15) is 0 Å². The molecule has 6 heteroatoms. The molecule has 2 heterocycles. The third-order valence-electron chi connectivity index (χ3n) is 3.69. The predicted molar refractivity (Wildman–Crippen MR) is 86.8 cm³/mol. The lowest BCUT2D eigenvalue weighted by molar-refractivity contribution is 0.187. The molecular weight excluding hydrogens is 288 g/mol. The van der Waals surface area contributed by atoms with Crippen molar-refractivity contribution in [3.05, 3.63) is 23.0 Å². The van der Waals surface area contributed by atoms with Crippen LogP contribution in [0, 0.1) is 5.92 Å². The Morgan fingerprint density at radius 3 is 3.00 bits per heavy atom. The maximum Gasteiger partial charge on any atom is 0.194 e. The van der Waals surface area contributed by atoms with Gasteiger partial charge in [-0.15, -0.1) is 0 Å². The van der Waals surface area contributed by atoms with Crippen molar-refractivity contribution in [2.45, 2.75) is 19.9 Å². The second-order valence-corrected chi connectivity index (χ2v) is 5.98. The van der Waals surface area contributed by atoms with E-state index in [1.807, 2.05) is 30.9 Å². The number of guanidine groups is 1. The molecule has 1 N–H and O–H groups in total.